The smallest absolute Gasteiger partial charge is 0.223 e. The Labute approximate surface area is 81.4 Å². The first-order chi connectivity index (χ1) is 6.31. The van der Waals surface area contributed by atoms with Gasteiger partial charge in [-0.2, -0.15) is 0 Å². The number of hydrogen-bond donors (Lipinski definition) is 1. The van der Waals surface area contributed by atoms with Crippen LogP contribution in [0.15, 0.2) is 12.2 Å². The summed E-state index contributed by atoms with van der Waals surface area (Å²) in [6.45, 7) is 4.94. The summed E-state index contributed by atoms with van der Waals surface area (Å²) in [5.74, 6) is 0.134. The quantitative estimate of drug-likeness (QED) is 0.477. The number of hydrogen-bond acceptors (Lipinski definition) is 1. The fourth-order valence-electron chi connectivity index (χ4n) is 1.08. The van der Waals surface area contributed by atoms with Crippen LogP contribution >= 0.6 is 0 Å². The predicted molar refractivity (Wildman–Crippen MR) is 56.6 cm³/mol. The second-order valence-corrected chi connectivity index (χ2v) is 3.18. The highest BCUT2D eigenvalue weighted by Crippen LogP contribution is 1.97. The fourth-order valence-corrected chi connectivity index (χ4v) is 1.08. The van der Waals surface area contributed by atoms with Gasteiger partial charge in [0.25, 0.3) is 0 Å². The monoisotopic (exact) mass is 183 g/mol. The molecule has 0 fully saturated rings. The summed E-state index contributed by atoms with van der Waals surface area (Å²) < 4.78 is 0. The van der Waals surface area contributed by atoms with Gasteiger partial charge in [0.2, 0.25) is 5.91 Å². The normalized spacial score (nSPS) is 10.6. The highest BCUT2D eigenvalue weighted by atomic mass is 16.1. The summed E-state index contributed by atoms with van der Waals surface area (Å²) >= 11 is 0. The average Bonchev–Trinajstić information content (AvgIpc) is 2.14. The van der Waals surface area contributed by atoms with Crippen LogP contribution in [0.25, 0.3) is 0 Å². The summed E-state index contributed by atoms with van der Waals surface area (Å²) in [5, 5.41) is 2.89. The number of carbonyl (C=O) groups excluding carboxylic acids is 1. The molecule has 2 nitrogen and oxygen atoms in total. The topological polar surface area (TPSA) is 29.1 Å². The highest BCUT2D eigenvalue weighted by Gasteiger charge is 1.95. The van der Waals surface area contributed by atoms with Crippen LogP contribution in [0.4, 0.5) is 0 Å². The molecule has 0 aliphatic rings. The summed E-state index contributed by atoms with van der Waals surface area (Å²) in [6, 6.07) is 0. The average molecular weight is 183 g/mol. The van der Waals surface area contributed by atoms with Crippen molar-refractivity contribution >= 4 is 5.91 Å². The van der Waals surface area contributed by atoms with Crippen molar-refractivity contribution in [3.05, 3.63) is 12.2 Å². The number of unbranched alkanes of at least 4 members (excludes halogenated alkanes) is 3. The third-order valence-electron chi connectivity index (χ3n) is 1.89. The van der Waals surface area contributed by atoms with E-state index in [4.69, 9.17) is 0 Å². The van der Waals surface area contributed by atoms with Crippen LogP contribution in [-0.4, -0.2) is 12.5 Å². The molecule has 1 N–H and O–H groups in total. The van der Waals surface area contributed by atoms with Gasteiger partial charge in [-0.05, 0) is 13.3 Å². The molecular formula is C11H21NO. The summed E-state index contributed by atoms with van der Waals surface area (Å²) in [5.41, 5.74) is 0. The van der Waals surface area contributed by atoms with Crippen molar-refractivity contribution in [1.82, 2.24) is 5.32 Å². The van der Waals surface area contributed by atoms with Gasteiger partial charge in [-0.25, -0.2) is 0 Å². The molecule has 0 aromatic carbocycles. The molecule has 13 heavy (non-hydrogen) atoms. The third-order valence-corrected chi connectivity index (χ3v) is 1.89. The predicted octanol–water partition coefficient (Wildman–Crippen LogP) is 2.65. The molecule has 0 saturated carbocycles. The molecule has 0 aliphatic carbocycles. The van der Waals surface area contributed by atoms with E-state index < -0.39 is 0 Å². The van der Waals surface area contributed by atoms with Crippen molar-refractivity contribution in [3.8, 4) is 0 Å². The molecule has 0 unspecified atom stereocenters. The van der Waals surface area contributed by atoms with Crippen LogP contribution in [0.2, 0.25) is 0 Å². The van der Waals surface area contributed by atoms with Crippen LogP contribution in [0.5, 0.6) is 0 Å². The number of allylic oxidation sites excluding steroid dienone is 1. The maximum Gasteiger partial charge on any atom is 0.223 e. The lowest BCUT2D eigenvalue weighted by molar-refractivity contribution is -0.120. The first kappa shape index (κ1) is 12.2. The Morgan fingerprint density at radius 3 is 2.69 bits per heavy atom. The van der Waals surface area contributed by atoms with Gasteiger partial charge in [-0.1, -0.05) is 38.3 Å². The Balaban J connectivity index is 3.17. The zero-order valence-electron chi connectivity index (χ0n) is 8.81. The van der Waals surface area contributed by atoms with Gasteiger partial charge in [0.15, 0.2) is 0 Å². The van der Waals surface area contributed by atoms with Crippen molar-refractivity contribution in [1.29, 1.82) is 0 Å². The van der Waals surface area contributed by atoms with E-state index >= 15 is 0 Å². The van der Waals surface area contributed by atoms with Gasteiger partial charge < -0.3 is 5.32 Å². The molecule has 2 heteroatoms. The lowest BCUT2D eigenvalue weighted by Gasteiger charge is -2.02. The van der Waals surface area contributed by atoms with Crippen molar-refractivity contribution < 1.29 is 4.79 Å². The second-order valence-electron chi connectivity index (χ2n) is 3.18. The third kappa shape index (κ3) is 9.12. The van der Waals surface area contributed by atoms with Crippen LogP contribution in [0.1, 0.15) is 46.0 Å². The largest absolute Gasteiger partial charge is 0.356 e. The van der Waals surface area contributed by atoms with E-state index in [0.29, 0.717) is 6.42 Å². The van der Waals surface area contributed by atoms with E-state index in [9.17, 15) is 4.79 Å². The van der Waals surface area contributed by atoms with Gasteiger partial charge in [-0.15, -0.1) is 0 Å². The summed E-state index contributed by atoms with van der Waals surface area (Å²) in [7, 11) is 0. The van der Waals surface area contributed by atoms with Crippen LogP contribution in [0, 0.1) is 0 Å². The molecule has 0 bridgehead atoms. The molecule has 0 rings (SSSR count). The molecule has 0 aromatic heterocycles. The van der Waals surface area contributed by atoms with E-state index in [-0.39, 0.29) is 5.91 Å². The molecule has 0 saturated heterocycles. The fraction of sp³-hybridized carbons (Fsp3) is 0.727. The lowest BCUT2D eigenvalue weighted by atomic mass is 10.2. The molecule has 0 atom stereocenters. The second kappa shape index (κ2) is 9.30. The minimum atomic E-state index is 0.134. The highest BCUT2D eigenvalue weighted by molar-refractivity contribution is 5.77. The van der Waals surface area contributed by atoms with Crippen molar-refractivity contribution in [2.45, 2.75) is 46.0 Å². The number of amides is 1. The molecule has 0 aliphatic heterocycles. The van der Waals surface area contributed by atoms with Gasteiger partial charge in [0, 0.05) is 13.0 Å². The molecule has 1 amide bonds. The first-order valence-corrected chi connectivity index (χ1v) is 5.19. The van der Waals surface area contributed by atoms with Crippen LogP contribution in [-0.2, 0) is 4.79 Å². The maximum absolute atomic E-state index is 11.1. The standard InChI is InChI=1S/C11H21NO/c1-3-5-7-8-10-12-11(13)9-6-4-2/h4,6H,3,5,7-10H2,1-2H3,(H,12,13)/b6-4-. The zero-order chi connectivity index (χ0) is 9.94. The Morgan fingerprint density at radius 1 is 1.31 bits per heavy atom. The molecular weight excluding hydrogens is 162 g/mol. The van der Waals surface area contributed by atoms with Gasteiger partial charge >= 0.3 is 0 Å². The zero-order valence-corrected chi connectivity index (χ0v) is 8.81. The Morgan fingerprint density at radius 2 is 2.08 bits per heavy atom. The minimum Gasteiger partial charge on any atom is -0.356 e. The van der Waals surface area contributed by atoms with E-state index in [1.807, 2.05) is 19.1 Å². The number of rotatable bonds is 7. The van der Waals surface area contributed by atoms with E-state index in [2.05, 4.69) is 12.2 Å². The van der Waals surface area contributed by atoms with Crippen LogP contribution in [0.3, 0.4) is 0 Å². The molecule has 0 aromatic rings. The Bertz CT molecular complexity index is 152. The van der Waals surface area contributed by atoms with Crippen molar-refractivity contribution in [2.24, 2.45) is 0 Å². The Kier molecular flexibility index (Phi) is 8.73. The van der Waals surface area contributed by atoms with E-state index in [1.54, 1.807) is 0 Å². The van der Waals surface area contributed by atoms with Gasteiger partial charge in [0.05, 0.1) is 0 Å². The minimum absolute atomic E-state index is 0.134. The molecule has 0 radical (unpaired) electrons. The lowest BCUT2D eigenvalue weighted by Crippen LogP contribution is -2.23. The number of nitrogens with one attached hydrogen (secondary N) is 1. The Hall–Kier alpha value is -0.790. The maximum atomic E-state index is 11.1. The van der Waals surface area contributed by atoms with E-state index in [1.165, 1.54) is 19.3 Å². The van der Waals surface area contributed by atoms with Gasteiger partial charge in [0.1, 0.15) is 0 Å². The van der Waals surface area contributed by atoms with Crippen molar-refractivity contribution in [2.75, 3.05) is 6.54 Å². The van der Waals surface area contributed by atoms with Crippen molar-refractivity contribution in [3.63, 3.8) is 0 Å². The molecule has 0 spiro atoms. The first-order valence-electron chi connectivity index (χ1n) is 5.19. The molecule has 76 valence electrons. The van der Waals surface area contributed by atoms with E-state index in [0.717, 1.165) is 13.0 Å². The summed E-state index contributed by atoms with van der Waals surface area (Å²) in [6.07, 6.45) is 9.13. The van der Waals surface area contributed by atoms with Gasteiger partial charge in [-0.3, -0.25) is 4.79 Å². The summed E-state index contributed by atoms with van der Waals surface area (Å²) in [4.78, 5) is 11.1. The number of carbonyl (C=O) groups is 1. The SMILES string of the molecule is C/C=C\CC(=O)NCCCCCC. The molecule has 0 heterocycles. The van der Waals surface area contributed by atoms with Crippen LogP contribution < -0.4 is 5.32 Å².